The Balaban J connectivity index is 2.53. The van der Waals surface area contributed by atoms with Gasteiger partial charge in [-0.3, -0.25) is 9.48 Å². The molecule has 140 valence electrons. The molecule has 0 atom stereocenters. The van der Waals surface area contributed by atoms with Crippen LogP contribution in [-0.4, -0.2) is 15.5 Å². The second-order valence-electron chi connectivity index (χ2n) is 4.93. The van der Waals surface area contributed by atoms with Crippen LogP contribution in [0.25, 0.3) is 11.3 Å². The third-order valence-electron chi connectivity index (χ3n) is 3.14. The van der Waals surface area contributed by atoms with E-state index in [4.69, 9.17) is 46.4 Å². The van der Waals surface area contributed by atoms with Crippen LogP contribution in [-0.2, 0) is 13.2 Å². The molecule has 2 rings (SSSR count). The maximum atomic E-state index is 12.9. The topological polar surface area (TPSA) is 34.9 Å². The second kappa shape index (κ2) is 8.44. The molecule has 0 amide bonds. The van der Waals surface area contributed by atoms with Gasteiger partial charge < -0.3 is 0 Å². The lowest BCUT2D eigenvalue weighted by atomic mass is 10.1. The van der Waals surface area contributed by atoms with Gasteiger partial charge in [0.25, 0.3) is 0 Å². The molecule has 1 heterocycles. The largest absolute Gasteiger partial charge is 0.433 e. The highest BCUT2D eigenvalue weighted by Gasteiger charge is 2.34. The zero-order valence-corrected chi connectivity index (χ0v) is 16.7. The Bertz CT molecular complexity index is 924. The number of benzene rings is 1. The zero-order valence-electron chi connectivity index (χ0n) is 12.9. The molecule has 0 unspecified atom stereocenters. The van der Waals surface area contributed by atoms with E-state index in [2.05, 4.69) is 5.10 Å². The van der Waals surface area contributed by atoms with Crippen molar-refractivity contribution in [1.82, 2.24) is 9.78 Å². The van der Waals surface area contributed by atoms with Crippen LogP contribution in [0, 0.1) is 0 Å². The lowest BCUT2D eigenvalue weighted by Gasteiger charge is -2.13. The monoisotopic (exact) mass is 462 g/mol. The number of alkyl halides is 3. The van der Waals surface area contributed by atoms with Crippen molar-refractivity contribution in [3.63, 3.8) is 0 Å². The van der Waals surface area contributed by atoms with E-state index in [0.29, 0.717) is 26.4 Å². The molecule has 1 aromatic heterocycles. The SMILES string of the molecule is Cn1nc(-c2cc(SCC=C(Cl)Cl)c(Cl)cc2Cl)c(=O)cc1C(F)(F)F. The number of nitrogens with zero attached hydrogens (tertiary/aromatic N) is 2. The molecule has 3 nitrogen and oxygen atoms in total. The van der Waals surface area contributed by atoms with E-state index in [-0.39, 0.29) is 20.8 Å². The van der Waals surface area contributed by atoms with E-state index in [1.165, 1.54) is 30.0 Å². The van der Waals surface area contributed by atoms with E-state index < -0.39 is 17.3 Å². The van der Waals surface area contributed by atoms with Gasteiger partial charge in [-0.1, -0.05) is 46.4 Å². The van der Waals surface area contributed by atoms with Crippen LogP contribution >= 0.6 is 58.2 Å². The van der Waals surface area contributed by atoms with Crippen molar-refractivity contribution < 1.29 is 13.2 Å². The Hall–Kier alpha value is -0.860. The van der Waals surface area contributed by atoms with Crippen LogP contribution in [0.5, 0.6) is 0 Å². The minimum atomic E-state index is -4.70. The molecule has 26 heavy (non-hydrogen) atoms. The predicted octanol–water partition coefficient (Wildman–Crippen LogP) is 6.18. The highest BCUT2D eigenvalue weighted by molar-refractivity contribution is 7.99. The number of hydrogen-bond donors (Lipinski definition) is 0. The van der Waals surface area contributed by atoms with Gasteiger partial charge in [0.1, 0.15) is 15.9 Å². The summed E-state index contributed by atoms with van der Waals surface area (Å²) in [6.45, 7) is 0. The molecule has 11 heteroatoms. The quantitative estimate of drug-likeness (QED) is 0.507. The first-order valence-corrected chi connectivity index (χ1v) is 9.29. The number of halogens is 7. The van der Waals surface area contributed by atoms with Gasteiger partial charge in [0.05, 0.1) is 10.0 Å². The molecule has 0 aliphatic heterocycles. The molecule has 0 spiro atoms. The Kier molecular flexibility index (Phi) is 6.96. The number of rotatable bonds is 4. The highest BCUT2D eigenvalue weighted by Crippen LogP contribution is 2.36. The number of hydrogen-bond acceptors (Lipinski definition) is 3. The molecule has 0 saturated heterocycles. The van der Waals surface area contributed by atoms with Gasteiger partial charge in [0.15, 0.2) is 0 Å². The first kappa shape index (κ1) is 21.4. The third kappa shape index (κ3) is 5.10. The van der Waals surface area contributed by atoms with Gasteiger partial charge in [-0.05, 0) is 18.2 Å². The van der Waals surface area contributed by atoms with Crippen molar-refractivity contribution >= 4 is 58.2 Å². The summed E-state index contributed by atoms with van der Waals surface area (Å²) in [6, 6.07) is 3.37. The van der Waals surface area contributed by atoms with Crippen molar-refractivity contribution in [2.24, 2.45) is 7.05 Å². The van der Waals surface area contributed by atoms with Gasteiger partial charge in [-0.25, -0.2) is 0 Å². The zero-order chi connectivity index (χ0) is 19.6. The van der Waals surface area contributed by atoms with Gasteiger partial charge >= 0.3 is 6.18 Å². The predicted molar refractivity (Wildman–Crippen MR) is 100 cm³/mol. The highest BCUT2D eigenvalue weighted by atomic mass is 35.5. The van der Waals surface area contributed by atoms with Crippen molar-refractivity contribution in [1.29, 1.82) is 0 Å². The Morgan fingerprint density at radius 2 is 1.88 bits per heavy atom. The first-order valence-electron chi connectivity index (χ1n) is 6.79. The summed E-state index contributed by atoms with van der Waals surface area (Å²) in [5.74, 6) is 0.390. The smallest absolute Gasteiger partial charge is 0.287 e. The van der Waals surface area contributed by atoms with Crippen LogP contribution in [0.3, 0.4) is 0 Å². The van der Waals surface area contributed by atoms with Crippen molar-refractivity contribution in [2.75, 3.05) is 5.75 Å². The minimum Gasteiger partial charge on any atom is -0.287 e. The number of aromatic nitrogens is 2. The molecule has 2 aromatic rings. The van der Waals surface area contributed by atoms with Gasteiger partial charge in [-0.2, -0.15) is 18.3 Å². The van der Waals surface area contributed by atoms with Gasteiger partial charge in [-0.15, -0.1) is 11.8 Å². The fraction of sp³-hybridized carbons (Fsp3) is 0.200. The summed E-state index contributed by atoms with van der Waals surface area (Å²) in [5.41, 5.74) is -2.10. The molecule has 0 fully saturated rings. The molecule has 0 saturated carbocycles. The normalized spacial score (nSPS) is 11.5. The maximum absolute atomic E-state index is 12.9. The van der Waals surface area contributed by atoms with Crippen molar-refractivity contribution in [3.05, 3.63) is 54.7 Å². The lowest BCUT2D eigenvalue weighted by molar-refractivity contribution is -0.144. The molecular formula is C15H9Cl4F3N2OS. The van der Waals surface area contributed by atoms with E-state index in [9.17, 15) is 18.0 Å². The number of thioether (sulfide) groups is 1. The second-order valence-corrected chi connectivity index (χ2v) is 7.82. The summed E-state index contributed by atoms with van der Waals surface area (Å²) in [7, 11) is 1.10. The Morgan fingerprint density at radius 3 is 2.46 bits per heavy atom. The van der Waals surface area contributed by atoms with Crippen LogP contribution in [0.15, 0.2) is 38.5 Å². The van der Waals surface area contributed by atoms with Crippen LogP contribution in [0.4, 0.5) is 13.2 Å². The van der Waals surface area contributed by atoms with Crippen molar-refractivity contribution in [2.45, 2.75) is 11.1 Å². The summed E-state index contributed by atoms with van der Waals surface area (Å²) >= 11 is 24.6. The maximum Gasteiger partial charge on any atom is 0.433 e. The third-order valence-corrected chi connectivity index (χ3v) is 5.17. The first-order chi connectivity index (χ1) is 12.0. The average Bonchev–Trinajstić information content (AvgIpc) is 2.50. The summed E-state index contributed by atoms with van der Waals surface area (Å²) < 4.78 is 39.3. The van der Waals surface area contributed by atoms with E-state index in [1.54, 1.807) is 0 Å². The molecule has 0 N–H and O–H groups in total. The molecule has 0 radical (unpaired) electrons. The Labute approximate surface area is 170 Å². The fourth-order valence-electron chi connectivity index (χ4n) is 2.01. The molecule has 0 aliphatic rings. The van der Waals surface area contributed by atoms with Crippen LogP contribution < -0.4 is 5.43 Å². The molecular weight excluding hydrogens is 455 g/mol. The summed E-state index contributed by atoms with van der Waals surface area (Å²) in [6.07, 6.45) is -3.16. The summed E-state index contributed by atoms with van der Waals surface area (Å²) in [4.78, 5) is 12.7. The minimum absolute atomic E-state index is 0.0843. The van der Waals surface area contributed by atoms with Crippen molar-refractivity contribution in [3.8, 4) is 11.3 Å². The fourth-order valence-corrected chi connectivity index (χ4v) is 3.81. The van der Waals surface area contributed by atoms with Crippen LogP contribution in [0.2, 0.25) is 10.0 Å². The molecule has 0 bridgehead atoms. The van der Waals surface area contributed by atoms with Gasteiger partial charge in [0.2, 0.25) is 5.43 Å². The standard InChI is InChI=1S/C15H9Cl4F3N2OS/c1-24-12(15(20,21)22)6-10(25)14(23-24)7-4-11(9(17)5-8(7)16)26-3-2-13(18)19/h2,4-6H,3H2,1H3. The van der Waals surface area contributed by atoms with E-state index in [0.717, 1.165) is 7.05 Å². The number of aryl methyl sites for hydroxylation is 1. The molecule has 0 aliphatic carbocycles. The van der Waals surface area contributed by atoms with E-state index in [1.807, 2.05) is 0 Å². The van der Waals surface area contributed by atoms with Gasteiger partial charge in [0, 0.05) is 29.3 Å². The van der Waals surface area contributed by atoms with Crippen LogP contribution in [0.1, 0.15) is 5.69 Å². The summed E-state index contributed by atoms with van der Waals surface area (Å²) in [5, 5.41) is 4.15. The molecule has 1 aromatic carbocycles. The lowest BCUT2D eigenvalue weighted by Crippen LogP contribution is -2.22. The average molecular weight is 464 g/mol. The van der Waals surface area contributed by atoms with E-state index >= 15 is 0 Å². The Morgan fingerprint density at radius 1 is 1.23 bits per heavy atom.